The van der Waals surface area contributed by atoms with Crippen molar-refractivity contribution in [3.8, 4) is 0 Å². The summed E-state index contributed by atoms with van der Waals surface area (Å²) in [5, 5.41) is 10.1. The van der Waals surface area contributed by atoms with Gasteiger partial charge in [0.25, 0.3) is 0 Å². The minimum Gasteiger partial charge on any atom is -0.371 e. The molecule has 1 atom stereocenters. The second-order valence-corrected chi connectivity index (χ2v) is 9.20. The minimum absolute atomic E-state index is 0.128. The Kier molecular flexibility index (Phi) is 4.41. The van der Waals surface area contributed by atoms with E-state index in [0.717, 1.165) is 42.7 Å². The number of hydrogen-bond donors (Lipinski definition) is 1. The number of aryl methyl sites for hydroxylation is 1. The fraction of sp³-hybridized carbons (Fsp3) is 0.846. The van der Waals surface area contributed by atoms with Crippen LogP contribution in [-0.2, 0) is 14.8 Å². The Labute approximate surface area is 135 Å². The average molecular weight is 346 g/mol. The molecule has 1 aromatic rings. The summed E-state index contributed by atoms with van der Waals surface area (Å²) in [4.78, 5) is 2.19. The Morgan fingerprint density at radius 1 is 1.45 bits per heavy atom. The molecule has 2 saturated heterocycles. The van der Waals surface area contributed by atoms with E-state index < -0.39 is 10.0 Å². The molecule has 22 heavy (non-hydrogen) atoms. The van der Waals surface area contributed by atoms with E-state index in [1.54, 1.807) is 18.3 Å². The maximum atomic E-state index is 11.5. The van der Waals surface area contributed by atoms with Crippen LogP contribution >= 0.6 is 11.3 Å². The van der Waals surface area contributed by atoms with Crippen molar-refractivity contribution in [1.82, 2.24) is 14.9 Å². The maximum absolute atomic E-state index is 11.5. The molecule has 124 valence electrons. The highest BCUT2D eigenvalue weighted by atomic mass is 32.2. The lowest BCUT2D eigenvalue weighted by molar-refractivity contribution is -0.0451. The molecule has 0 aliphatic carbocycles. The van der Waals surface area contributed by atoms with Gasteiger partial charge in [0.1, 0.15) is 10.6 Å². The lowest BCUT2D eigenvalue weighted by atomic mass is 9.79. The van der Waals surface area contributed by atoms with Gasteiger partial charge in [0.2, 0.25) is 15.2 Å². The van der Waals surface area contributed by atoms with Gasteiger partial charge in [-0.25, -0.2) is 13.1 Å². The highest BCUT2D eigenvalue weighted by Gasteiger charge is 2.53. The van der Waals surface area contributed by atoms with Crippen molar-refractivity contribution in [1.29, 1.82) is 0 Å². The van der Waals surface area contributed by atoms with Gasteiger partial charge >= 0.3 is 0 Å². The normalized spacial score (nSPS) is 23.9. The van der Waals surface area contributed by atoms with Gasteiger partial charge in [0.05, 0.1) is 18.8 Å². The predicted octanol–water partition coefficient (Wildman–Crippen LogP) is 0.771. The van der Waals surface area contributed by atoms with Crippen LogP contribution in [0.3, 0.4) is 0 Å². The highest BCUT2D eigenvalue weighted by Crippen LogP contribution is 2.43. The highest BCUT2D eigenvalue weighted by molar-refractivity contribution is 7.89. The number of sulfonamides is 1. The third-order valence-electron chi connectivity index (χ3n) is 4.50. The number of nitrogens with one attached hydrogen (secondary N) is 1. The fourth-order valence-corrected chi connectivity index (χ4v) is 4.50. The molecule has 3 heterocycles. The monoisotopic (exact) mass is 346 g/mol. The standard InChI is InChI=1S/C13H22N4O3S2/c1-3-22(18,19)14-6-4-11-5-7-20-13(11)8-17(9-13)12-16-15-10(2)21-12/h11,14H,3-9H2,1-2H3/t11-/m0/s1. The zero-order valence-corrected chi connectivity index (χ0v) is 14.5. The molecule has 0 unspecified atom stereocenters. The van der Waals surface area contributed by atoms with Crippen molar-refractivity contribution in [3.63, 3.8) is 0 Å². The van der Waals surface area contributed by atoms with Crippen LogP contribution < -0.4 is 9.62 Å². The first-order valence-electron chi connectivity index (χ1n) is 7.60. The molecule has 1 spiro atoms. The summed E-state index contributed by atoms with van der Waals surface area (Å²) < 4.78 is 31.6. The van der Waals surface area contributed by atoms with E-state index in [2.05, 4.69) is 19.8 Å². The van der Waals surface area contributed by atoms with Crippen LogP contribution in [-0.4, -0.2) is 56.2 Å². The molecule has 0 aromatic carbocycles. The summed E-state index contributed by atoms with van der Waals surface area (Å²) in [7, 11) is -3.11. The van der Waals surface area contributed by atoms with Gasteiger partial charge in [-0.15, -0.1) is 10.2 Å². The van der Waals surface area contributed by atoms with Crippen LogP contribution in [0.4, 0.5) is 5.13 Å². The Balaban J connectivity index is 1.54. The van der Waals surface area contributed by atoms with E-state index in [0.29, 0.717) is 12.5 Å². The van der Waals surface area contributed by atoms with Crippen molar-refractivity contribution < 1.29 is 13.2 Å². The predicted molar refractivity (Wildman–Crippen MR) is 85.7 cm³/mol. The summed E-state index contributed by atoms with van der Waals surface area (Å²) >= 11 is 1.60. The summed E-state index contributed by atoms with van der Waals surface area (Å²) in [6, 6.07) is 0. The molecular weight excluding hydrogens is 324 g/mol. The quantitative estimate of drug-likeness (QED) is 0.819. The van der Waals surface area contributed by atoms with E-state index in [-0.39, 0.29) is 11.4 Å². The second kappa shape index (κ2) is 6.03. The Bertz CT molecular complexity index is 625. The molecule has 2 aliphatic heterocycles. The van der Waals surface area contributed by atoms with Crippen molar-refractivity contribution in [2.24, 2.45) is 5.92 Å². The number of ether oxygens (including phenoxy) is 1. The Morgan fingerprint density at radius 2 is 2.23 bits per heavy atom. The summed E-state index contributed by atoms with van der Waals surface area (Å²) in [5.41, 5.74) is -0.128. The van der Waals surface area contributed by atoms with Crippen LogP contribution in [0.1, 0.15) is 24.8 Å². The molecule has 2 fully saturated rings. The zero-order chi connectivity index (χ0) is 15.8. The second-order valence-electron chi connectivity index (χ2n) is 5.94. The first-order chi connectivity index (χ1) is 10.4. The maximum Gasteiger partial charge on any atom is 0.211 e. The number of hydrogen-bond acceptors (Lipinski definition) is 7. The van der Waals surface area contributed by atoms with Crippen LogP contribution in [0, 0.1) is 12.8 Å². The molecular formula is C13H22N4O3S2. The van der Waals surface area contributed by atoms with E-state index in [1.165, 1.54) is 0 Å². The van der Waals surface area contributed by atoms with E-state index in [9.17, 15) is 8.42 Å². The number of aromatic nitrogens is 2. The van der Waals surface area contributed by atoms with E-state index >= 15 is 0 Å². The molecule has 0 bridgehead atoms. The van der Waals surface area contributed by atoms with Crippen LogP contribution in [0.25, 0.3) is 0 Å². The topological polar surface area (TPSA) is 84.4 Å². The largest absolute Gasteiger partial charge is 0.371 e. The van der Waals surface area contributed by atoms with Gasteiger partial charge < -0.3 is 9.64 Å². The van der Waals surface area contributed by atoms with Crippen molar-refractivity contribution >= 4 is 26.5 Å². The number of anilines is 1. The minimum atomic E-state index is -3.11. The molecule has 9 heteroatoms. The first-order valence-corrected chi connectivity index (χ1v) is 10.1. The lowest BCUT2D eigenvalue weighted by Crippen LogP contribution is -2.65. The van der Waals surface area contributed by atoms with Crippen LogP contribution in [0.2, 0.25) is 0 Å². The van der Waals surface area contributed by atoms with E-state index in [4.69, 9.17) is 4.74 Å². The van der Waals surface area contributed by atoms with Gasteiger partial charge in [0.15, 0.2) is 0 Å². The Hall–Kier alpha value is -0.770. The van der Waals surface area contributed by atoms with Crippen molar-refractivity contribution in [2.75, 3.05) is 36.9 Å². The summed E-state index contributed by atoms with van der Waals surface area (Å²) in [6.45, 7) is 6.50. The number of nitrogens with zero attached hydrogens (tertiary/aromatic N) is 3. The van der Waals surface area contributed by atoms with E-state index in [1.807, 2.05) is 6.92 Å². The third-order valence-corrected chi connectivity index (χ3v) is 6.80. The van der Waals surface area contributed by atoms with Gasteiger partial charge in [-0.1, -0.05) is 11.3 Å². The molecule has 0 radical (unpaired) electrons. The van der Waals surface area contributed by atoms with Gasteiger partial charge in [0, 0.05) is 13.2 Å². The fourth-order valence-electron chi connectivity index (χ4n) is 3.18. The van der Waals surface area contributed by atoms with Gasteiger partial charge in [-0.3, -0.25) is 0 Å². The summed E-state index contributed by atoms with van der Waals surface area (Å²) in [6.07, 6.45) is 1.82. The molecule has 1 N–H and O–H groups in total. The zero-order valence-electron chi connectivity index (χ0n) is 12.9. The molecule has 2 aliphatic rings. The average Bonchev–Trinajstić information content (AvgIpc) is 3.03. The molecule has 1 aromatic heterocycles. The van der Waals surface area contributed by atoms with Crippen molar-refractivity contribution in [3.05, 3.63) is 5.01 Å². The van der Waals surface area contributed by atoms with Gasteiger partial charge in [-0.05, 0) is 32.6 Å². The molecule has 0 amide bonds. The molecule has 3 rings (SSSR count). The third kappa shape index (κ3) is 3.12. The summed E-state index contributed by atoms with van der Waals surface area (Å²) in [5.74, 6) is 0.529. The Morgan fingerprint density at radius 3 is 2.86 bits per heavy atom. The first kappa shape index (κ1) is 16.1. The van der Waals surface area contributed by atoms with Crippen LogP contribution in [0.5, 0.6) is 0 Å². The smallest absolute Gasteiger partial charge is 0.211 e. The lowest BCUT2D eigenvalue weighted by Gasteiger charge is -2.50. The van der Waals surface area contributed by atoms with Crippen molar-refractivity contribution in [2.45, 2.75) is 32.3 Å². The van der Waals surface area contributed by atoms with Gasteiger partial charge in [-0.2, -0.15) is 0 Å². The SMILES string of the molecule is CCS(=O)(=O)NCC[C@H]1CCOC12CN(c1nnc(C)s1)C2. The molecule has 0 saturated carbocycles. The molecule has 7 nitrogen and oxygen atoms in total. The number of rotatable bonds is 6. The van der Waals surface area contributed by atoms with Crippen LogP contribution in [0.15, 0.2) is 0 Å².